The van der Waals surface area contributed by atoms with Crippen LogP contribution < -0.4 is 10.1 Å². The number of sulfonamides is 1. The molecule has 1 N–H and O–H groups in total. The normalized spacial score (nSPS) is 21.0. The van der Waals surface area contributed by atoms with Crippen LogP contribution in [0.25, 0.3) is 0 Å². The highest BCUT2D eigenvalue weighted by atomic mass is 32.2. The average molecular weight is 501 g/mol. The highest BCUT2D eigenvalue weighted by Gasteiger charge is 2.54. The molecule has 2 aromatic rings. The molecule has 0 bridgehead atoms. The summed E-state index contributed by atoms with van der Waals surface area (Å²) in [6, 6.07) is 8.73. The van der Waals surface area contributed by atoms with Crippen molar-refractivity contribution in [3.8, 4) is 5.75 Å². The maximum absolute atomic E-state index is 13.5. The Hall–Kier alpha value is -3.31. The molecule has 3 unspecified atom stereocenters. The molecule has 0 aliphatic carbocycles. The molecule has 2 saturated heterocycles. The number of Topliss-reactive ketones (excluding diaryl/α,β-unsaturated/α-hetero) is 1. The van der Waals surface area contributed by atoms with Crippen LogP contribution in [0, 0.1) is 0 Å². The molecule has 2 aliphatic rings. The van der Waals surface area contributed by atoms with Crippen molar-refractivity contribution < 1.29 is 27.5 Å². The number of ether oxygens (including phenoxy) is 1. The van der Waals surface area contributed by atoms with Gasteiger partial charge >= 0.3 is 0 Å². The number of carbonyl (C=O) groups excluding carboxylic acids is 3. The van der Waals surface area contributed by atoms with E-state index in [0.29, 0.717) is 30.6 Å². The quantitative estimate of drug-likeness (QED) is 0.578. The van der Waals surface area contributed by atoms with Gasteiger partial charge in [0.25, 0.3) is 15.9 Å². The highest BCUT2D eigenvalue weighted by Crippen LogP contribution is 2.34. The SMILES string of the molecule is CCCC(NC(=O)c1ccc(OC)cc1)C(=O)N1CCC2C1C(=O)CN2S(=O)(=O)c1ccccn1. The molecule has 0 spiro atoms. The zero-order valence-electron chi connectivity index (χ0n) is 19.6. The summed E-state index contributed by atoms with van der Waals surface area (Å²) in [5, 5.41) is 2.66. The van der Waals surface area contributed by atoms with Crippen LogP contribution in [-0.2, 0) is 19.6 Å². The summed E-state index contributed by atoms with van der Waals surface area (Å²) in [6.07, 6.45) is 2.74. The lowest BCUT2D eigenvalue weighted by Crippen LogP contribution is -2.52. The molecule has 10 nitrogen and oxygen atoms in total. The second-order valence-electron chi connectivity index (χ2n) is 8.56. The summed E-state index contributed by atoms with van der Waals surface area (Å²) >= 11 is 0. The minimum Gasteiger partial charge on any atom is -0.497 e. The molecule has 0 radical (unpaired) electrons. The van der Waals surface area contributed by atoms with E-state index >= 15 is 0 Å². The number of benzene rings is 1. The molecule has 4 rings (SSSR count). The van der Waals surface area contributed by atoms with E-state index in [9.17, 15) is 22.8 Å². The van der Waals surface area contributed by atoms with Crippen molar-refractivity contribution >= 4 is 27.6 Å². The molecule has 1 aromatic carbocycles. The van der Waals surface area contributed by atoms with Crippen molar-refractivity contribution in [3.63, 3.8) is 0 Å². The van der Waals surface area contributed by atoms with E-state index < -0.39 is 34.1 Å². The predicted octanol–water partition coefficient (Wildman–Crippen LogP) is 1.23. The molecular formula is C24H28N4O6S. The topological polar surface area (TPSA) is 126 Å². The summed E-state index contributed by atoms with van der Waals surface area (Å²) in [4.78, 5) is 44.6. The van der Waals surface area contributed by atoms with Crippen molar-refractivity contribution in [2.24, 2.45) is 0 Å². The number of likely N-dealkylation sites (tertiary alicyclic amines) is 1. The average Bonchev–Trinajstić information content (AvgIpc) is 3.45. The van der Waals surface area contributed by atoms with E-state index in [2.05, 4.69) is 10.3 Å². The van der Waals surface area contributed by atoms with Gasteiger partial charge in [0, 0.05) is 18.3 Å². The van der Waals surface area contributed by atoms with Crippen LogP contribution in [0.3, 0.4) is 0 Å². The van der Waals surface area contributed by atoms with Gasteiger partial charge in [-0.15, -0.1) is 0 Å². The number of rotatable bonds is 8. The molecule has 2 aliphatic heterocycles. The van der Waals surface area contributed by atoms with E-state index in [1.54, 1.807) is 36.4 Å². The Morgan fingerprint density at radius 3 is 2.57 bits per heavy atom. The van der Waals surface area contributed by atoms with Gasteiger partial charge in [-0.25, -0.2) is 13.4 Å². The van der Waals surface area contributed by atoms with Crippen LogP contribution in [0.4, 0.5) is 0 Å². The molecule has 0 saturated carbocycles. The monoisotopic (exact) mass is 500 g/mol. The lowest BCUT2D eigenvalue weighted by molar-refractivity contribution is -0.138. The number of hydrogen-bond acceptors (Lipinski definition) is 7. The third-order valence-corrected chi connectivity index (χ3v) is 8.19. The first kappa shape index (κ1) is 24.8. The standard InChI is InChI=1S/C24H28N4O6S/c1-3-6-18(26-23(30)16-8-10-17(34-2)11-9-16)24(31)27-14-12-19-22(27)20(29)15-28(19)35(32,33)21-7-4-5-13-25-21/h4-5,7-11,13,18-19,22H,3,6,12,14-15H2,1-2H3,(H,26,30). The summed E-state index contributed by atoms with van der Waals surface area (Å²) in [6.45, 7) is 1.82. The fourth-order valence-electron chi connectivity index (χ4n) is 4.69. The Morgan fingerprint density at radius 1 is 1.20 bits per heavy atom. The molecule has 2 fully saturated rings. The van der Waals surface area contributed by atoms with Gasteiger partial charge in [0.2, 0.25) is 5.91 Å². The summed E-state index contributed by atoms with van der Waals surface area (Å²) < 4.78 is 32.5. The number of hydrogen-bond donors (Lipinski definition) is 1. The number of carbonyl (C=O) groups is 3. The van der Waals surface area contributed by atoms with Gasteiger partial charge in [0.1, 0.15) is 17.8 Å². The molecule has 35 heavy (non-hydrogen) atoms. The van der Waals surface area contributed by atoms with Gasteiger partial charge in [0.05, 0.1) is 19.7 Å². The minimum atomic E-state index is -3.98. The Morgan fingerprint density at radius 2 is 1.94 bits per heavy atom. The Bertz CT molecular complexity index is 1200. The summed E-state index contributed by atoms with van der Waals surface area (Å²) in [5.74, 6) is -0.521. The highest BCUT2D eigenvalue weighted by molar-refractivity contribution is 7.89. The van der Waals surface area contributed by atoms with Crippen molar-refractivity contribution in [1.29, 1.82) is 0 Å². The van der Waals surface area contributed by atoms with Crippen molar-refractivity contribution in [1.82, 2.24) is 19.5 Å². The number of methoxy groups -OCH3 is 1. The fourth-order valence-corrected chi connectivity index (χ4v) is 6.25. The molecule has 2 amide bonds. The van der Waals surface area contributed by atoms with Crippen LogP contribution in [0.2, 0.25) is 0 Å². The fraction of sp³-hybridized carbons (Fsp3) is 0.417. The number of nitrogens with zero attached hydrogens (tertiary/aromatic N) is 3. The number of amides is 2. The number of pyridine rings is 1. The van der Waals surface area contributed by atoms with Gasteiger partial charge in [-0.1, -0.05) is 19.4 Å². The number of ketones is 1. The maximum Gasteiger partial charge on any atom is 0.261 e. The number of nitrogens with one attached hydrogen (secondary N) is 1. The Kier molecular flexibility index (Phi) is 7.18. The van der Waals surface area contributed by atoms with E-state index in [-0.39, 0.29) is 29.8 Å². The lowest BCUT2D eigenvalue weighted by atomic mass is 10.1. The largest absolute Gasteiger partial charge is 0.497 e. The molecular weight excluding hydrogens is 472 g/mol. The van der Waals surface area contributed by atoms with Gasteiger partial charge < -0.3 is 15.0 Å². The summed E-state index contributed by atoms with van der Waals surface area (Å²) in [7, 11) is -2.45. The molecule has 11 heteroatoms. The van der Waals surface area contributed by atoms with Gasteiger partial charge in [0.15, 0.2) is 10.8 Å². The number of aromatic nitrogens is 1. The van der Waals surface area contributed by atoms with Gasteiger partial charge in [-0.05, 0) is 49.2 Å². The van der Waals surface area contributed by atoms with Crippen LogP contribution in [0.15, 0.2) is 53.7 Å². The van der Waals surface area contributed by atoms with Crippen LogP contribution in [0.5, 0.6) is 5.75 Å². The maximum atomic E-state index is 13.5. The summed E-state index contributed by atoms with van der Waals surface area (Å²) in [5.41, 5.74) is 0.378. The number of fused-ring (bicyclic) bond motifs is 1. The van der Waals surface area contributed by atoms with Crippen LogP contribution >= 0.6 is 0 Å². The first-order chi connectivity index (χ1) is 16.8. The van der Waals surface area contributed by atoms with Gasteiger partial charge in [-0.2, -0.15) is 4.31 Å². The third-order valence-electron chi connectivity index (χ3n) is 6.40. The Labute approximate surface area is 204 Å². The van der Waals surface area contributed by atoms with Crippen molar-refractivity contribution in [2.45, 2.75) is 49.3 Å². The second kappa shape index (κ2) is 10.1. The van der Waals surface area contributed by atoms with Crippen molar-refractivity contribution in [3.05, 3.63) is 54.2 Å². The van der Waals surface area contributed by atoms with E-state index in [1.165, 1.54) is 24.3 Å². The smallest absolute Gasteiger partial charge is 0.261 e. The van der Waals surface area contributed by atoms with Gasteiger partial charge in [-0.3, -0.25) is 14.4 Å². The lowest BCUT2D eigenvalue weighted by Gasteiger charge is -2.28. The molecule has 1 aromatic heterocycles. The molecule has 3 heterocycles. The van der Waals surface area contributed by atoms with Crippen molar-refractivity contribution in [2.75, 3.05) is 20.2 Å². The van der Waals surface area contributed by atoms with Crippen LogP contribution in [-0.4, -0.2) is 78.5 Å². The third kappa shape index (κ3) is 4.78. The van der Waals surface area contributed by atoms with E-state index in [0.717, 1.165) is 4.31 Å². The first-order valence-corrected chi connectivity index (χ1v) is 12.9. The van der Waals surface area contributed by atoms with Crippen LogP contribution in [0.1, 0.15) is 36.5 Å². The first-order valence-electron chi connectivity index (χ1n) is 11.5. The second-order valence-corrected chi connectivity index (χ2v) is 10.4. The zero-order chi connectivity index (χ0) is 25.2. The molecule has 186 valence electrons. The zero-order valence-corrected chi connectivity index (χ0v) is 20.4. The Balaban J connectivity index is 1.51. The van der Waals surface area contributed by atoms with E-state index in [4.69, 9.17) is 4.74 Å². The minimum absolute atomic E-state index is 0.131. The molecule has 3 atom stereocenters. The predicted molar refractivity (Wildman–Crippen MR) is 126 cm³/mol. The van der Waals surface area contributed by atoms with E-state index in [1.807, 2.05) is 6.92 Å².